The van der Waals surface area contributed by atoms with E-state index in [-0.39, 0.29) is 0 Å². The van der Waals surface area contributed by atoms with E-state index >= 15 is 0 Å². The number of aromatic nitrogens is 1. The third-order valence-electron chi connectivity index (χ3n) is 1.81. The summed E-state index contributed by atoms with van der Waals surface area (Å²) in [5, 5.41) is 0. The van der Waals surface area contributed by atoms with Gasteiger partial charge in [-0.3, -0.25) is 9.78 Å². The van der Waals surface area contributed by atoms with E-state index in [1.165, 1.54) is 12.4 Å². The number of nitrogens with zero attached hydrogens (tertiary/aromatic N) is 1. The molecule has 1 rings (SSSR count). The Morgan fingerprint density at radius 1 is 1.50 bits per heavy atom. The van der Waals surface area contributed by atoms with E-state index in [1.807, 2.05) is 0 Å². The van der Waals surface area contributed by atoms with E-state index < -0.39 is 18.4 Å². The van der Waals surface area contributed by atoms with Crippen LogP contribution in [-0.2, 0) is 11.2 Å². The smallest absolute Gasteiger partial charge is 0.289 e. The Morgan fingerprint density at radius 3 is 2.64 bits per heavy atom. The van der Waals surface area contributed by atoms with E-state index in [4.69, 9.17) is 0 Å². The Bertz CT molecular complexity index is 346. The maximum absolute atomic E-state index is 11.9. The van der Waals surface area contributed by atoms with Gasteiger partial charge >= 0.3 is 6.18 Å². The second-order valence-corrected chi connectivity index (χ2v) is 2.90. The van der Waals surface area contributed by atoms with Crippen molar-refractivity contribution < 1.29 is 18.0 Å². The SMILES string of the molecule is Cc1ccncc1CC(=O)C(F)(F)F. The van der Waals surface area contributed by atoms with Crippen molar-refractivity contribution in [2.24, 2.45) is 0 Å². The van der Waals surface area contributed by atoms with Crippen LogP contribution < -0.4 is 0 Å². The van der Waals surface area contributed by atoms with Gasteiger partial charge in [-0.2, -0.15) is 13.2 Å². The Balaban J connectivity index is 2.80. The first-order valence-corrected chi connectivity index (χ1v) is 3.91. The van der Waals surface area contributed by atoms with E-state index in [0.717, 1.165) is 0 Å². The number of rotatable bonds is 2. The van der Waals surface area contributed by atoms with Gasteiger partial charge in [0.2, 0.25) is 5.78 Å². The van der Waals surface area contributed by atoms with Gasteiger partial charge in [0.1, 0.15) is 0 Å². The summed E-state index contributed by atoms with van der Waals surface area (Å²) in [7, 11) is 0. The molecule has 0 radical (unpaired) electrons. The first-order chi connectivity index (χ1) is 6.41. The summed E-state index contributed by atoms with van der Waals surface area (Å²) in [6, 6.07) is 1.57. The van der Waals surface area contributed by atoms with Gasteiger partial charge in [-0.15, -0.1) is 0 Å². The number of carbonyl (C=O) groups is 1. The van der Waals surface area contributed by atoms with Crippen molar-refractivity contribution in [3.8, 4) is 0 Å². The number of ketones is 1. The summed E-state index contributed by atoms with van der Waals surface area (Å²) in [6.45, 7) is 1.64. The third-order valence-corrected chi connectivity index (χ3v) is 1.81. The number of pyridine rings is 1. The maximum atomic E-state index is 11.9. The lowest BCUT2D eigenvalue weighted by molar-refractivity contribution is -0.170. The van der Waals surface area contributed by atoms with Crippen LogP contribution in [0.3, 0.4) is 0 Å². The molecule has 0 aliphatic heterocycles. The van der Waals surface area contributed by atoms with Crippen LogP contribution in [0.25, 0.3) is 0 Å². The minimum Gasteiger partial charge on any atom is -0.289 e. The molecular weight excluding hydrogens is 195 g/mol. The van der Waals surface area contributed by atoms with E-state index in [9.17, 15) is 18.0 Å². The van der Waals surface area contributed by atoms with Gasteiger partial charge in [0.15, 0.2) is 0 Å². The molecule has 0 aromatic carbocycles. The average molecular weight is 203 g/mol. The van der Waals surface area contributed by atoms with Gasteiger partial charge < -0.3 is 0 Å². The standard InChI is InChI=1S/C9H8F3NO/c1-6-2-3-13-5-7(6)4-8(14)9(10,11)12/h2-3,5H,4H2,1H3. The van der Waals surface area contributed by atoms with Crippen LogP contribution in [0, 0.1) is 6.92 Å². The minimum absolute atomic E-state index is 0.315. The zero-order valence-electron chi connectivity index (χ0n) is 7.43. The summed E-state index contributed by atoms with van der Waals surface area (Å²) in [6.07, 6.45) is -2.65. The monoisotopic (exact) mass is 203 g/mol. The van der Waals surface area contributed by atoms with Crippen molar-refractivity contribution in [3.63, 3.8) is 0 Å². The molecule has 0 bridgehead atoms. The normalized spacial score (nSPS) is 11.4. The molecule has 1 aromatic rings. The summed E-state index contributed by atoms with van der Waals surface area (Å²) >= 11 is 0. The van der Waals surface area contributed by atoms with Crippen LogP contribution in [0.5, 0.6) is 0 Å². The lowest BCUT2D eigenvalue weighted by Crippen LogP contribution is -2.24. The van der Waals surface area contributed by atoms with Gasteiger partial charge in [0, 0.05) is 18.8 Å². The molecular formula is C9H8F3NO. The summed E-state index contributed by atoms with van der Waals surface area (Å²) in [4.78, 5) is 14.3. The molecule has 2 nitrogen and oxygen atoms in total. The lowest BCUT2D eigenvalue weighted by atomic mass is 10.1. The van der Waals surface area contributed by atoms with Gasteiger partial charge in [-0.05, 0) is 24.1 Å². The molecule has 0 fully saturated rings. The second-order valence-electron chi connectivity index (χ2n) is 2.90. The number of alkyl halides is 3. The van der Waals surface area contributed by atoms with Crippen molar-refractivity contribution in [1.82, 2.24) is 4.98 Å². The average Bonchev–Trinajstić information content (AvgIpc) is 2.07. The van der Waals surface area contributed by atoms with Crippen LogP contribution in [0.2, 0.25) is 0 Å². The molecule has 0 aliphatic carbocycles. The van der Waals surface area contributed by atoms with E-state index in [0.29, 0.717) is 11.1 Å². The Labute approximate surface area is 78.8 Å². The molecule has 0 saturated carbocycles. The Hall–Kier alpha value is -1.39. The molecule has 1 heterocycles. The van der Waals surface area contributed by atoms with Crippen LogP contribution in [0.1, 0.15) is 11.1 Å². The molecule has 0 saturated heterocycles. The van der Waals surface area contributed by atoms with Crippen LogP contribution in [-0.4, -0.2) is 16.9 Å². The maximum Gasteiger partial charge on any atom is 0.450 e. The van der Waals surface area contributed by atoms with Gasteiger partial charge in [-0.25, -0.2) is 0 Å². The number of hydrogen-bond acceptors (Lipinski definition) is 2. The first-order valence-electron chi connectivity index (χ1n) is 3.91. The minimum atomic E-state index is -4.76. The predicted octanol–water partition coefficient (Wildman–Crippen LogP) is 2.06. The summed E-state index contributed by atoms with van der Waals surface area (Å²) in [5.74, 6) is -1.74. The molecule has 0 spiro atoms. The molecule has 0 amide bonds. The highest BCUT2D eigenvalue weighted by Crippen LogP contribution is 2.19. The summed E-state index contributed by atoms with van der Waals surface area (Å²) < 4.78 is 35.7. The topological polar surface area (TPSA) is 30.0 Å². The van der Waals surface area contributed by atoms with Crippen molar-refractivity contribution in [2.75, 3.05) is 0 Å². The predicted molar refractivity (Wildman–Crippen MR) is 43.7 cm³/mol. The Morgan fingerprint density at radius 2 is 2.14 bits per heavy atom. The van der Waals surface area contributed by atoms with Crippen molar-refractivity contribution in [1.29, 1.82) is 0 Å². The van der Waals surface area contributed by atoms with Gasteiger partial charge in [0.25, 0.3) is 0 Å². The largest absolute Gasteiger partial charge is 0.450 e. The van der Waals surface area contributed by atoms with Crippen LogP contribution in [0.15, 0.2) is 18.5 Å². The number of aryl methyl sites for hydroxylation is 1. The molecule has 14 heavy (non-hydrogen) atoms. The summed E-state index contributed by atoms with van der Waals surface area (Å²) in [5.41, 5.74) is 0.951. The number of hydrogen-bond donors (Lipinski definition) is 0. The van der Waals surface area contributed by atoms with Crippen LogP contribution >= 0.6 is 0 Å². The van der Waals surface area contributed by atoms with Crippen LogP contribution in [0.4, 0.5) is 13.2 Å². The first kappa shape index (κ1) is 10.7. The third kappa shape index (κ3) is 2.55. The molecule has 0 unspecified atom stereocenters. The molecule has 76 valence electrons. The fourth-order valence-electron chi connectivity index (χ4n) is 0.955. The molecule has 0 atom stereocenters. The molecule has 0 aliphatic rings. The quantitative estimate of drug-likeness (QED) is 0.736. The van der Waals surface area contributed by atoms with Crippen molar-refractivity contribution in [3.05, 3.63) is 29.6 Å². The Kier molecular flexibility index (Phi) is 2.88. The van der Waals surface area contributed by atoms with Crippen molar-refractivity contribution >= 4 is 5.78 Å². The van der Waals surface area contributed by atoms with Gasteiger partial charge in [-0.1, -0.05) is 0 Å². The number of carbonyl (C=O) groups excluding carboxylic acids is 1. The fraction of sp³-hybridized carbons (Fsp3) is 0.333. The fourth-order valence-corrected chi connectivity index (χ4v) is 0.955. The highest BCUT2D eigenvalue weighted by Gasteiger charge is 2.37. The number of halogens is 3. The highest BCUT2D eigenvalue weighted by atomic mass is 19.4. The molecule has 1 aromatic heterocycles. The zero-order valence-corrected chi connectivity index (χ0v) is 7.43. The molecule has 0 N–H and O–H groups in total. The van der Waals surface area contributed by atoms with E-state index in [2.05, 4.69) is 4.98 Å². The van der Waals surface area contributed by atoms with E-state index in [1.54, 1.807) is 13.0 Å². The lowest BCUT2D eigenvalue weighted by Gasteiger charge is -2.06. The zero-order chi connectivity index (χ0) is 10.8. The molecule has 5 heteroatoms. The highest BCUT2D eigenvalue weighted by molar-refractivity contribution is 5.86. The van der Waals surface area contributed by atoms with Gasteiger partial charge in [0.05, 0.1) is 0 Å². The van der Waals surface area contributed by atoms with Crippen molar-refractivity contribution in [2.45, 2.75) is 19.5 Å². The second kappa shape index (κ2) is 3.77. The number of Topliss-reactive ketones (excluding diaryl/α,β-unsaturated/α-hetero) is 1.